The van der Waals surface area contributed by atoms with Crippen molar-refractivity contribution in [3.63, 3.8) is 0 Å². The summed E-state index contributed by atoms with van der Waals surface area (Å²) in [6, 6.07) is 23.2. The molecule has 2 amide bonds. The SMILES string of the molecule is Cc1ccc(CC(=O)N(Cc2ccc(Br)cc2)[C@H](Cc2ccccc2)C(=O)NC(C)C)cc1C. The van der Waals surface area contributed by atoms with Crippen LogP contribution in [0.15, 0.2) is 77.3 Å². The number of aryl methyl sites for hydroxylation is 2. The van der Waals surface area contributed by atoms with Gasteiger partial charge in [-0.15, -0.1) is 0 Å². The third kappa shape index (κ3) is 7.29. The van der Waals surface area contributed by atoms with Crippen LogP contribution in [0.3, 0.4) is 0 Å². The van der Waals surface area contributed by atoms with Crippen LogP contribution in [0.5, 0.6) is 0 Å². The predicted molar refractivity (Wildman–Crippen MR) is 142 cm³/mol. The summed E-state index contributed by atoms with van der Waals surface area (Å²) in [5.74, 6) is -0.199. The average molecular weight is 521 g/mol. The molecule has 0 saturated carbocycles. The van der Waals surface area contributed by atoms with Crippen LogP contribution in [0.1, 0.15) is 41.7 Å². The highest BCUT2D eigenvalue weighted by atomic mass is 79.9. The fraction of sp³-hybridized carbons (Fsp3) is 0.310. The highest BCUT2D eigenvalue weighted by Crippen LogP contribution is 2.19. The number of nitrogens with zero attached hydrogens (tertiary/aromatic N) is 1. The van der Waals surface area contributed by atoms with E-state index in [4.69, 9.17) is 0 Å². The van der Waals surface area contributed by atoms with Crippen molar-refractivity contribution in [2.24, 2.45) is 0 Å². The summed E-state index contributed by atoms with van der Waals surface area (Å²) in [5.41, 5.74) is 5.30. The van der Waals surface area contributed by atoms with Crippen LogP contribution >= 0.6 is 15.9 Å². The minimum absolute atomic E-state index is 0.0184. The van der Waals surface area contributed by atoms with Crippen molar-refractivity contribution in [2.75, 3.05) is 0 Å². The average Bonchev–Trinajstić information content (AvgIpc) is 2.80. The minimum Gasteiger partial charge on any atom is -0.352 e. The Morgan fingerprint density at radius 1 is 0.853 bits per heavy atom. The second-order valence-corrected chi connectivity index (χ2v) is 10.0. The van der Waals surface area contributed by atoms with Crippen LogP contribution in [-0.2, 0) is 29.0 Å². The molecule has 4 nitrogen and oxygen atoms in total. The number of nitrogens with one attached hydrogen (secondary N) is 1. The molecule has 0 radical (unpaired) electrons. The zero-order valence-electron chi connectivity index (χ0n) is 20.3. The van der Waals surface area contributed by atoms with Crippen molar-refractivity contribution < 1.29 is 9.59 Å². The van der Waals surface area contributed by atoms with E-state index in [2.05, 4.69) is 41.2 Å². The maximum Gasteiger partial charge on any atom is 0.243 e. The van der Waals surface area contributed by atoms with Crippen LogP contribution in [0, 0.1) is 13.8 Å². The molecule has 1 N–H and O–H groups in total. The van der Waals surface area contributed by atoms with E-state index in [0.29, 0.717) is 13.0 Å². The van der Waals surface area contributed by atoms with Crippen LogP contribution < -0.4 is 5.32 Å². The van der Waals surface area contributed by atoms with Gasteiger partial charge in [-0.25, -0.2) is 0 Å². The van der Waals surface area contributed by atoms with Gasteiger partial charge in [0.05, 0.1) is 6.42 Å². The van der Waals surface area contributed by atoms with E-state index in [9.17, 15) is 9.59 Å². The van der Waals surface area contributed by atoms with Crippen LogP contribution in [0.25, 0.3) is 0 Å². The van der Waals surface area contributed by atoms with Gasteiger partial charge < -0.3 is 10.2 Å². The van der Waals surface area contributed by atoms with E-state index >= 15 is 0 Å². The van der Waals surface area contributed by atoms with Crippen LogP contribution in [-0.4, -0.2) is 28.8 Å². The zero-order valence-corrected chi connectivity index (χ0v) is 21.9. The molecule has 0 bridgehead atoms. The molecule has 178 valence electrons. The fourth-order valence-electron chi connectivity index (χ4n) is 3.91. The van der Waals surface area contributed by atoms with Gasteiger partial charge >= 0.3 is 0 Å². The van der Waals surface area contributed by atoms with Gasteiger partial charge in [0.2, 0.25) is 11.8 Å². The molecule has 0 heterocycles. The summed E-state index contributed by atoms with van der Waals surface area (Å²) in [6.45, 7) is 8.35. The minimum atomic E-state index is -0.618. The molecule has 0 aromatic heterocycles. The normalized spacial score (nSPS) is 11.8. The molecule has 0 unspecified atom stereocenters. The van der Waals surface area contributed by atoms with Crippen LogP contribution in [0.2, 0.25) is 0 Å². The van der Waals surface area contributed by atoms with Crippen molar-refractivity contribution in [3.05, 3.63) is 105 Å². The third-order valence-electron chi connectivity index (χ3n) is 5.89. The van der Waals surface area contributed by atoms with Crippen molar-refractivity contribution in [1.82, 2.24) is 10.2 Å². The Labute approximate surface area is 211 Å². The first-order valence-electron chi connectivity index (χ1n) is 11.7. The Hall–Kier alpha value is -2.92. The van der Waals surface area contributed by atoms with Gasteiger partial charge in [-0.3, -0.25) is 9.59 Å². The van der Waals surface area contributed by atoms with Gasteiger partial charge in [0, 0.05) is 23.5 Å². The maximum absolute atomic E-state index is 13.7. The van der Waals surface area contributed by atoms with E-state index in [1.165, 1.54) is 5.56 Å². The lowest BCUT2D eigenvalue weighted by Gasteiger charge is -2.32. The van der Waals surface area contributed by atoms with Crippen molar-refractivity contribution >= 4 is 27.7 Å². The summed E-state index contributed by atoms with van der Waals surface area (Å²) >= 11 is 3.48. The highest BCUT2D eigenvalue weighted by Gasteiger charge is 2.30. The highest BCUT2D eigenvalue weighted by molar-refractivity contribution is 9.10. The Morgan fingerprint density at radius 2 is 1.50 bits per heavy atom. The number of benzene rings is 3. The second-order valence-electron chi connectivity index (χ2n) is 9.11. The van der Waals surface area contributed by atoms with E-state index in [0.717, 1.165) is 26.7 Å². The van der Waals surface area contributed by atoms with Crippen molar-refractivity contribution in [1.29, 1.82) is 0 Å². The van der Waals surface area contributed by atoms with Gasteiger partial charge in [-0.05, 0) is 67.6 Å². The topological polar surface area (TPSA) is 49.4 Å². The molecule has 0 aliphatic rings. The lowest BCUT2D eigenvalue weighted by molar-refractivity contribution is -0.141. The quantitative estimate of drug-likeness (QED) is 0.389. The maximum atomic E-state index is 13.7. The Morgan fingerprint density at radius 3 is 2.12 bits per heavy atom. The molecular formula is C29H33BrN2O2. The van der Waals surface area contributed by atoms with Crippen LogP contribution in [0.4, 0.5) is 0 Å². The number of amides is 2. The van der Waals surface area contributed by atoms with Gasteiger partial charge in [0.15, 0.2) is 0 Å². The first kappa shape index (κ1) is 25.7. The molecule has 3 aromatic carbocycles. The number of rotatable bonds is 9. The Bertz CT molecular complexity index is 1110. The zero-order chi connectivity index (χ0) is 24.7. The summed E-state index contributed by atoms with van der Waals surface area (Å²) in [7, 11) is 0. The Balaban J connectivity index is 1.97. The molecular weight excluding hydrogens is 488 g/mol. The first-order valence-corrected chi connectivity index (χ1v) is 12.5. The second kappa shape index (κ2) is 12.0. The fourth-order valence-corrected chi connectivity index (χ4v) is 4.18. The van der Waals surface area contributed by atoms with E-state index < -0.39 is 6.04 Å². The smallest absolute Gasteiger partial charge is 0.243 e. The standard InChI is InChI=1S/C29H33BrN2O2/c1-20(2)31-29(34)27(17-23-8-6-5-7-9-23)32(19-24-12-14-26(30)15-13-24)28(33)18-25-11-10-21(3)22(4)16-25/h5-16,20,27H,17-19H2,1-4H3,(H,31,34)/t27-/m1/s1. The monoisotopic (exact) mass is 520 g/mol. The number of carbonyl (C=O) groups excluding carboxylic acids is 2. The molecule has 3 aromatic rings. The first-order chi connectivity index (χ1) is 16.2. The lowest BCUT2D eigenvalue weighted by Crippen LogP contribution is -2.52. The summed E-state index contributed by atoms with van der Waals surface area (Å²) in [4.78, 5) is 28.9. The number of halogens is 1. The molecule has 3 rings (SSSR count). The Kier molecular flexibility index (Phi) is 9.05. The molecule has 0 fully saturated rings. The molecule has 0 aliphatic carbocycles. The number of carbonyl (C=O) groups is 2. The van der Waals surface area contributed by atoms with Crippen molar-refractivity contribution in [2.45, 2.75) is 59.2 Å². The molecule has 1 atom stereocenters. The van der Waals surface area contributed by atoms with Gasteiger partial charge in [-0.2, -0.15) is 0 Å². The lowest BCUT2D eigenvalue weighted by atomic mass is 10.00. The molecule has 5 heteroatoms. The molecule has 0 spiro atoms. The molecule has 34 heavy (non-hydrogen) atoms. The number of hydrogen-bond donors (Lipinski definition) is 1. The third-order valence-corrected chi connectivity index (χ3v) is 6.42. The van der Waals surface area contributed by atoms with Gasteiger partial charge in [-0.1, -0.05) is 76.6 Å². The van der Waals surface area contributed by atoms with Gasteiger partial charge in [0.1, 0.15) is 6.04 Å². The van der Waals surface area contributed by atoms with Crippen molar-refractivity contribution in [3.8, 4) is 0 Å². The van der Waals surface area contributed by atoms with E-state index in [1.54, 1.807) is 4.90 Å². The predicted octanol–water partition coefficient (Wildman–Crippen LogP) is 5.77. The van der Waals surface area contributed by atoms with E-state index in [1.807, 2.05) is 80.6 Å². The number of hydrogen-bond acceptors (Lipinski definition) is 2. The molecule has 0 saturated heterocycles. The largest absolute Gasteiger partial charge is 0.352 e. The van der Waals surface area contributed by atoms with Gasteiger partial charge in [0.25, 0.3) is 0 Å². The van der Waals surface area contributed by atoms with E-state index in [-0.39, 0.29) is 24.3 Å². The summed E-state index contributed by atoms with van der Waals surface area (Å²) < 4.78 is 0.975. The summed E-state index contributed by atoms with van der Waals surface area (Å²) in [6.07, 6.45) is 0.701. The summed E-state index contributed by atoms with van der Waals surface area (Å²) in [5, 5.41) is 3.03. The molecule has 0 aliphatic heterocycles.